The highest BCUT2D eigenvalue weighted by Crippen LogP contribution is 2.36. The van der Waals surface area contributed by atoms with E-state index in [0.717, 1.165) is 22.4 Å². The quantitative estimate of drug-likeness (QED) is 0.277. The van der Waals surface area contributed by atoms with Gasteiger partial charge in [-0.2, -0.15) is 0 Å². The molecule has 15 heteroatoms. The zero-order valence-corrected chi connectivity index (χ0v) is 24.8. The van der Waals surface area contributed by atoms with Gasteiger partial charge in [0.15, 0.2) is 23.6 Å². The Morgan fingerprint density at radius 3 is 2.56 bits per heavy atom. The molecule has 2 aliphatic rings. The third kappa shape index (κ3) is 6.20. The van der Waals surface area contributed by atoms with E-state index in [2.05, 4.69) is 31.6 Å². The number of hydrogen-bond donors (Lipinski definition) is 4. The summed E-state index contributed by atoms with van der Waals surface area (Å²) >= 11 is 3.47. The predicted molar refractivity (Wildman–Crippen MR) is 151 cm³/mol. The van der Waals surface area contributed by atoms with Crippen molar-refractivity contribution in [3.8, 4) is 11.3 Å². The van der Waals surface area contributed by atoms with Crippen LogP contribution in [0.2, 0.25) is 0 Å². The minimum absolute atomic E-state index is 0.0441. The van der Waals surface area contributed by atoms with E-state index in [-0.39, 0.29) is 17.8 Å². The van der Waals surface area contributed by atoms with Crippen molar-refractivity contribution in [2.45, 2.75) is 55.9 Å². The largest absolute Gasteiger partial charge is 0.394 e. The Kier molecular flexibility index (Phi) is 9.51. The topological polar surface area (TPSA) is 142 Å². The number of halogens is 4. The molecular weight excluding hydrogens is 639 g/mol. The molecule has 7 atom stereocenters. The number of aliphatic hydroxyl groups excluding tert-OH is 3. The van der Waals surface area contributed by atoms with Crippen molar-refractivity contribution in [3.05, 3.63) is 64.0 Å². The molecule has 0 spiro atoms. The second-order valence-electron chi connectivity index (χ2n) is 10.6. The van der Waals surface area contributed by atoms with Crippen LogP contribution in [0.15, 0.2) is 41.0 Å². The van der Waals surface area contributed by atoms with Crippen molar-refractivity contribution < 1.29 is 42.8 Å². The molecule has 0 saturated carbocycles. The second kappa shape index (κ2) is 13.0. The standard InChI is InChI=1S/C28H31BrF3N5O6/c1-13-5-15(29)9-16(6-13)37(20-10-33-4-3-21(20)39)28(41)27-26(42-2)24(25(40)22(12-38)43-27)36-11-19(34-35-36)14-7-17(30)23(32)18(31)8-14/h5-9,11,20-22,24-27,33,38-40H,3-4,10,12H2,1-2H3/t20-,21-,22?,24?,25?,26?,27?/m1/s1. The van der Waals surface area contributed by atoms with Crippen LogP contribution in [0, 0.1) is 24.4 Å². The molecule has 2 aliphatic heterocycles. The van der Waals surface area contributed by atoms with Gasteiger partial charge in [0.25, 0.3) is 5.91 Å². The third-order valence-corrected chi connectivity index (χ3v) is 8.22. The van der Waals surface area contributed by atoms with Crippen LogP contribution in [0.4, 0.5) is 18.9 Å². The van der Waals surface area contributed by atoms with E-state index >= 15 is 0 Å². The van der Waals surface area contributed by atoms with Crippen molar-refractivity contribution in [1.29, 1.82) is 0 Å². The number of aryl methyl sites for hydroxylation is 1. The van der Waals surface area contributed by atoms with Crippen LogP contribution in [0.1, 0.15) is 18.0 Å². The van der Waals surface area contributed by atoms with Gasteiger partial charge in [-0.25, -0.2) is 17.9 Å². The number of amides is 1. The number of carbonyl (C=O) groups is 1. The zero-order chi connectivity index (χ0) is 31.0. The van der Waals surface area contributed by atoms with Gasteiger partial charge in [-0.15, -0.1) is 5.10 Å². The van der Waals surface area contributed by atoms with Gasteiger partial charge in [0.05, 0.1) is 24.9 Å². The molecule has 3 aromatic rings. The lowest BCUT2D eigenvalue weighted by Gasteiger charge is -2.46. The molecule has 2 fully saturated rings. The lowest BCUT2D eigenvalue weighted by molar-refractivity contribution is -0.211. The van der Waals surface area contributed by atoms with Crippen LogP contribution in [0.25, 0.3) is 11.3 Å². The molecule has 5 rings (SSSR count). The fraction of sp³-hybridized carbons (Fsp3) is 0.464. The van der Waals surface area contributed by atoms with Gasteiger partial charge in [0.1, 0.15) is 30.0 Å². The number of benzene rings is 2. The molecule has 2 saturated heterocycles. The minimum Gasteiger partial charge on any atom is -0.394 e. The Morgan fingerprint density at radius 1 is 1.21 bits per heavy atom. The van der Waals surface area contributed by atoms with Crippen LogP contribution in [-0.4, -0.2) is 99.6 Å². The van der Waals surface area contributed by atoms with Gasteiger partial charge < -0.3 is 35.0 Å². The summed E-state index contributed by atoms with van der Waals surface area (Å²) in [6, 6.07) is 5.05. The number of hydrogen-bond acceptors (Lipinski definition) is 9. The van der Waals surface area contributed by atoms with Crippen molar-refractivity contribution >= 4 is 27.5 Å². The maximum Gasteiger partial charge on any atom is 0.259 e. The molecular formula is C28H31BrF3N5O6. The Hall–Kier alpha value is -2.92. The Labute approximate surface area is 253 Å². The van der Waals surface area contributed by atoms with Gasteiger partial charge in [-0.1, -0.05) is 21.1 Å². The average Bonchev–Trinajstić information content (AvgIpc) is 3.45. The van der Waals surface area contributed by atoms with Crippen LogP contribution in [0.5, 0.6) is 0 Å². The van der Waals surface area contributed by atoms with Crippen LogP contribution in [-0.2, 0) is 14.3 Å². The highest BCUT2D eigenvalue weighted by molar-refractivity contribution is 9.10. The Morgan fingerprint density at radius 2 is 1.93 bits per heavy atom. The normalized spacial score (nSPS) is 27.7. The summed E-state index contributed by atoms with van der Waals surface area (Å²) in [5.74, 6) is -5.07. The van der Waals surface area contributed by atoms with E-state index in [9.17, 15) is 33.3 Å². The fourth-order valence-corrected chi connectivity index (χ4v) is 6.28. The van der Waals surface area contributed by atoms with Gasteiger partial charge >= 0.3 is 0 Å². The molecule has 3 heterocycles. The van der Waals surface area contributed by atoms with E-state index in [4.69, 9.17) is 9.47 Å². The summed E-state index contributed by atoms with van der Waals surface area (Å²) in [7, 11) is 1.31. The van der Waals surface area contributed by atoms with Crippen LogP contribution < -0.4 is 10.2 Å². The molecule has 43 heavy (non-hydrogen) atoms. The van der Waals surface area contributed by atoms with Crippen molar-refractivity contribution in [2.24, 2.45) is 0 Å². The molecule has 1 aromatic heterocycles. The van der Waals surface area contributed by atoms with Gasteiger partial charge in [0, 0.05) is 29.4 Å². The highest BCUT2D eigenvalue weighted by atomic mass is 79.9. The Bertz CT molecular complexity index is 1440. The number of nitrogens with zero attached hydrogens (tertiary/aromatic N) is 4. The number of piperidine rings is 1. The number of carbonyl (C=O) groups excluding carboxylic acids is 1. The molecule has 11 nitrogen and oxygen atoms in total. The van der Waals surface area contributed by atoms with E-state index in [1.54, 1.807) is 12.1 Å². The first-order valence-electron chi connectivity index (χ1n) is 13.6. The molecule has 4 N–H and O–H groups in total. The van der Waals surface area contributed by atoms with E-state index in [1.807, 2.05) is 13.0 Å². The molecule has 0 radical (unpaired) electrons. The number of aromatic nitrogens is 3. The predicted octanol–water partition coefficient (Wildman–Crippen LogP) is 1.87. The fourth-order valence-electron chi connectivity index (χ4n) is 5.68. The van der Waals surface area contributed by atoms with Gasteiger partial charge in [-0.05, 0) is 55.8 Å². The highest BCUT2D eigenvalue weighted by Gasteiger charge is 2.52. The Balaban J connectivity index is 1.55. The van der Waals surface area contributed by atoms with E-state index in [1.165, 1.54) is 18.2 Å². The molecule has 0 bridgehead atoms. The smallest absolute Gasteiger partial charge is 0.259 e. The first-order chi connectivity index (χ1) is 20.5. The van der Waals surface area contributed by atoms with Gasteiger partial charge in [0.2, 0.25) is 0 Å². The molecule has 0 aliphatic carbocycles. The average molecular weight is 670 g/mol. The number of rotatable bonds is 7. The molecule has 5 unspecified atom stereocenters. The number of methoxy groups -OCH3 is 1. The first kappa shape index (κ1) is 31.5. The van der Waals surface area contributed by atoms with E-state index in [0.29, 0.717) is 23.1 Å². The SMILES string of the molecule is COC1C(C(=O)N(c2cc(C)cc(Br)c2)[C@@H]2CNCC[C@H]2O)OC(CO)C(O)C1n1cc(-c2cc(F)c(F)c(F)c2)nn1. The summed E-state index contributed by atoms with van der Waals surface area (Å²) in [4.78, 5) is 15.9. The number of anilines is 1. The lowest BCUT2D eigenvalue weighted by Crippen LogP contribution is -2.64. The maximum absolute atomic E-state index is 14.5. The summed E-state index contributed by atoms with van der Waals surface area (Å²) < 4.78 is 54.9. The summed E-state index contributed by atoms with van der Waals surface area (Å²) in [5.41, 5.74) is 1.17. The monoisotopic (exact) mass is 669 g/mol. The first-order valence-corrected chi connectivity index (χ1v) is 14.4. The zero-order valence-electron chi connectivity index (χ0n) is 23.2. The van der Waals surface area contributed by atoms with Gasteiger partial charge in [-0.3, -0.25) is 4.79 Å². The molecule has 1 amide bonds. The number of aliphatic hydroxyl groups is 3. The molecule has 2 aromatic carbocycles. The van der Waals surface area contributed by atoms with Crippen molar-refractivity contribution in [1.82, 2.24) is 20.3 Å². The summed E-state index contributed by atoms with van der Waals surface area (Å²) in [6.45, 7) is 2.04. The second-order valence-corrected chi connectivity index (χ2v) is 11.5. The van der Waals surface area contributed by atoms with Crippen LogP contribution in [0.3, 0.4) is 0 Å². The number of ether oxygens (including phenoxy) is 2. The van der Waals surface area contributed by atoms with E-state index < -0.39 is 72.6 Å². The number of nitrogens with one attached hydrogen (secondary N) is 1. The third-order valence-electron chi connectivity index (χ3n) is 7.77. The van der Waals surface area contributed by atoms with Crippen LogP contribution >= 0.6 is 15.9 Å². The molecule has 232 valence electrons. The van der Waals surface area contributed by atoms with Crippen molar-refractivity contribution in [2.75, 3.05) is 31.7 Å². The summed E-state index contributed by atoms with van der Waals surface area (Å²) in [6.07, 6.45) is -4.54. The summed E-state index contributed by atoms with van der Waals surface area (Å²) in [5, 5.41) is 43.4. The van der Waals surface area contributed by atoms with Crippen molar-refractivity contribution in [3.63, 3.8) is 0 Å². The minimum atomic E-state index is -1.63. The lowest BCUT2D eigenvalue weighted by atomic mass is 9.90. The maximum atomic E-state index is 14.5.